The quantitative estimate of drug-likeness (QED) is 0.769. The number of aryl methyl sites for hydroxylation is 1. The minimum atomic E-state index is -0.311. The maximum Gasteiger partial charge on any atom is 0.321 e. The van der Waals surface area contributed by atoms with Crippen molar-refractivity contribution in [3.05, 3.63) is 47.1 Å². The van der Waals surface area contributed by atoms with Gasteiger partial charge in [0.2, 0.25) is 5.13 Å². The Hall–Kier alpha value is -2.32. The first-order chi connectivity index (χ1) is 10.7. The van der Waals surface area contributed by atoms with Gasteiger partial charge in [-0.3, -0.25) is 10.3 Å². The number of amides is 2. The summed E-state index contributed by atoms with van der Waals surface area (Å²) in [7, 11) is 0. The Bertz CT molecular complexity index is 768. The molecule has 0 radical (unpaired) electrons. The minimum absolute atomic E-state index is 0.311. The van der Waals surface area contributed by atoms with Crippen LogP contribution in [0.15, 0.2) is 36.7 Å². The summed E-state index contributed by atoms with van der Waals surface area (Å²) < 4.78 is 4.26. The highest BCUT2D eigenvalue weighted by atomic mass is 32.1. The Balaban J connectivity index is 1.57. The molecule has 3 heterocycles. The van der Waals surface area contributed by atoms with E-state index in [1.165, 1.54) is 4.88 Å². The number of rotatable bonds is 4. The molecule has 0 unspecified atom stereocenters. The van der Waals surface area contributed by atoms with Gasteiger partial charge in [0.05, 0.1) is 4.88 Å². The summed E-state index contributed by atoms with van der Waals surface area (Å²) in [4.78, 5) is 22.4. The van der Waals surface area contributed by atoms with Crippen LogP contribution in [0, 0.1) is 6.92 Å². The Morgan fingerprint density at radius 1 is 1.32 bits per heavy atom. The lowest BCUT2D eigenvalue weighted by Crippen LogP contribution is -2.28. The summed E-state index contributed by atoms with van der Waals surface area (Å²) in [5.41, 5.74) is 0.935. The van der Waals surface area contributed by atoms with Gasteiger partial charge in [-0.2, -0.15) is 9.36 Å². The molecule has 22 heavy (non-hydrogen) atoms. The number of nitrogens with zero attached hydrogens (tertiary/aromatic N) is 3. The fourth-order valence-corrected chi connectivity index (χ4v) is 3.19. The molecule has 0 saturated carbocycles. The average molecular weight is 331 g/mol. The van der Waals surface area contributed by atoms with Gasteiger partial charge in [0.15, 0.2) is 5.82 Å². The summed E-state index contributed by atoms with van der Waals surface area (Å²) in [6.45, 7) is 2.45. The van der Waals surface area contributed by atoms with E-state index in [0.717, 1.165) is 22.0 Å². The van der Waals surface area contributed by atoms with Crippen molar-refractivity contribution in [3.63, 3.8) is 0 Å². The zero-order chi connectivity index (χ0) is 15.4. The first kappa shape index (κ1) is 14.6. The molecule has 6 nitrogen and oxygen atoms in total. The maximum absolute atomic E-state index is 11.8. The molecule has 2 N–H and O–H groups in total. The molecule has 0 fully saturated rings. The summed E-state index contributed by atoms with van der Waals surface area (Å²) in [6, 6.07) is 7.42. The monoisotopic (exact) mass is 331 g/mol. The fraction of sp³-hybridized carbons (Fsp3) is 0.143. The Morgan fingerprint density at radius 3 is 2.95 bits per heavy atom. The highest BCUT2D eigenvalue weighted by Crippen LogP contribution is 2.27. The number of pyridine rings is 1. The number of hydrogen-bond acceptors (Lipinski definition) is 6. The molecule has 0 aliphatic carbocycles. The van der Waals surface area contributed by atoms with Gasteiger partial charge in [0, 0.05) is 35.3 Å². The van der Waals surface area contributed by atoms with E-state index in [2.05, 4.69) is 25.0 Å². The summed E-state index contributed by atoms with van der Waals surface area (Å²) in [5.74, 6) is 0.644. The Kier molecular flexibility index (Phi) is 4.40. The van der Waals surface area contributed by atoms with Crippen LogP contribution in [0.4, 0.5) is 9.93 Å². The van der Waals surface area contributed by atoms with Crippen LogP contribution in [0.5, 0.6) is 0 Å². The molecule has 0 aliphatic heterocycles. The van der Waals surface area contributed by atoms with Crippen LogP contribution >= 0.6 is 22.9 Å². The zero-order valence-corrected chi connectivity index (χ0v) is 13.4. The summed E-state index contributed by atoms with van der Waals surface area (Å²) in [6.07, 6.45) is 3.40. The maximum atomic E-state index is 11.8. The van der Waals surface area contributed by atoms with Crippen molar-refractivity contribution in [1.29, 1.82) is 0 Å². The molecule has 3 rings (SSSR count). The van der Waals surface area contributed by atoms with Crippen molar-refractivity contribution in [2.24, 2.45) is 0 Å². The molecule has 3 aromatic rings. The fourth-order valence-electron chi connectivity index (χ4n) is 1.76. The zero-order valence-electron chi connectivity index (χ0n) is 11.7. The van der Waals surface area contributed by atoms with Crippen LogP contribution in [0.25, 0.3) is 10.7 Å². The number of carbonyl (C=O) groups excluding carboxylic acids is 1. The number of urea groups is 1. The molecule has 0 aliphatic rings. The van der Waals surface area contributed by atoms with E-state index < -0.39 is 0 Å². The number of carbonyl (C=O) groups is 1. The third kappa shape index (κ3) is 3.66. The average Bonchev–Trinajstić information content (AvgIpc) is 3.15. The van der Waals surface area contributed by atoms with Crippen LogP contribution in [-0.2, 0) is 6.54 Å². The predicted molar refractivity (Wildman–Crippen MR) is 88.1 cm³/mol. The van der Waals surface area contributed by atoms with E-state index in [1.807, 2.05) is 31.2 Å². The molecule has 0 atom stereocenters. The van der Waals surface area contributed by atoms with Crippen LogP contribution < -0.4 is 10.6 Å². The van der Waals surface area contributed by atoms with Crippen molar-refractivity contribution >= 4 is 34.0 Å². The van der Waals surface area contributed by atoms with Gasteiger partial charge in [-0.25, -0.2) is 4.79 Å². The van der Waals surface area contributed by atoms with Crippen molar-refractivity contribution in [2.75, 3.05) is 5.32 Å². The minimum Gasteiger partial charge on any atom is -0.334 e. The van der Waals surface area contributed by atoms with E-state index in [9.17, 15) is 4.79 Å². The first-order valence-corrected chi connectivity index (χ1v) is 8.14. The smallest absolute Gasteiger partial charge is 0.321 e. The summed E-state index contributed by atoms with van der Waals surface area (Å²) >= 11 is 2.79. The number of anilines is 1. The third-order valence-corrected chi connectivity index (χ3v) is 4.41. The van der Waals surface area contributed by atoms with Crippen LogP contribution in [0.1, 0.15) is 10.4 Å². The van der Waals surface area contributed by atoms with E-state index in [0.29, 0.717) is 17.5 Å². The van der Waals surface area contributed by atoms with Gasteiger partial charge in [-0.15, -0.1) is 11.3 Å². The van der Waals surface area contributed by atoms with E-state index in [1.54, 1.807) is 23.7 Å². The third-order valence-electron chi connectivity index (χ3n) is 2.78. The topological polar surface area (TPSA) is 79.8 Å². The standard InChI is InChI=1S/C14H13N5OS2/c1-9-4-5-11(21-9)12-17-14(22-19-12)18-13(20)16-8-10-3-2-6-15-7-10/h2-7H,8H2,1H3,(H2,16,17,18,19,20). The van der Waals surface area contributed by atoms with Gasteiger partial charge < -0.3 is 5.32 Å². The second-order valence-corrected chi connectivity index (χ2v) is 6.54. The normalized spacial score (nSPS) is 10.4. The number of thiophene rings is 1. The predicted octanol–water partition coefficient (Wildman–Crippen LogP) is 3.29. The van der Waals surface area contributed by atoms with E-state index in [4.69, 9.17) is 0 Å². The molecular weight excluding hydrogens is 318 g/mol. The van der Waals surface area contributed by atoms with Crippen LogP contribution in [0.2, 0.25) is 0 Å². The lowest BCUT2D eigenvalue weighted by molar-refractivity contribution is 0.251. The lowest BCUT2D eigenvalue weighted by Gasteiger charge is -2.04. The second kappa shape index (κ2) is 6.63. The molecule has 0 spiro atoms. The largest absolute Gasteiger partial charge is 0.334 e. The van der Waals surface area contributed by atoms with Crippen molar-refractivity contribution in [3.8, 4) is 10.7 Å². The Morgan fingerprint density at radius 2 is 2.23 bits per heavy atom. The lowest BCUT2D eigenvalue weighted by atomic mass is 10.3. The number of hydrogen-bond donors (Lipinski definition) is 2. The van der Waals surface area contributed by atoms with E-state index >= 15 is 0 Å². The molecule has 3 aromatic heterocycles. The van der Waals surface area contributed by atoms with Gasteiger partial charge in [0.1, 0.15) is 0 Å². The Labute approximate surface area is 135 Å². The first-order valence-electron chi connectivity index (χ1n) is 6.55. The molecule has 0 aromatic carbocycles. The highest BCUT2D eigenvalue weighted by molar-refractivity contribution is 7.15. The highest BCUT2D eigenvalue weighted by Gasteiger charge is 2.10. The van der Waals surface area contributed by atoms with Crippen molar-refractivity contribution in [2.45, 2.75) is 13.5 Å². The number of aromatic nitrogens is 3. The van der Waals surface area contributed by atoms with Crippen molar-refractivity contribution < 1.29 is 4.79 Å². The van der Waals surface area contributed by atoms with Gasteiger partial charge in [0.25, 0.3) is 0 Å². The molecule has 0 bridgehead atoms. The van der Waals surface area contributed by atoms with Gasteiger partial charge in [-0.05, 0) is 30.7 Å². The van der Waals surface area contributed by atoms with Gasteiger partial charge in [-0.1, -0.05) is 6.07 Å². The number of nitrogens with one attached hydrogen (secondary N) is 2. The van der Waals surface area contributed by atoms with Crippen LogP contribution in [0.3, 0.4) is 0 Å². The summed E-state index contributed by atoms with van der Waals surface area (Å²) in [5, 5.41) is 5.92. The molecule has 0 saturated heterocycles. The molecule has 2 amide bonds. The van der Waals surface area contributed by atoms with Crippen LogP contribution in [-0.4, -0.2) is 20.4 Å². The SMILES string of the molecule is Cc1ccc(-c2nsc(NC(=O)NCc3cccnc3)n2)s1. The second-order valence-electron chi connectivity index (χ2n) is 4.50. The van der Waals surface area contributed by atoms with Crippen molar-refractivity contribution in [1.82, 2.24) is 19.7 Å². The molecule has 8 heteroatoms. The van der Waals surface area contributed by atoms with Gasteiger partial charge >= 0.3 is 6.03 Å². The molecule has 112 valence electrons. The molecular formula is C14H13N5OS2. The van der Waals surface area contributed by atoms with E-state index in [-0.39, 0.29) is 6.03 Å².